The second-order valence-electron chi connectivity index (χ2n) is 4.61. The van der Waals surface area contributed by atoms with E-state index in [0.29, 0.717) is 10.0 Å². The normalized spacial score (nSPS) is 14.6. The first-order chi connectivity index (χ1) is 8.32. The second kappa shape index (κ2) is 6.29. The number of benzene rings is 1. The Labute approximate surface area is 115 Å². The van der Waals surface area contributed by atoms with Crippen molar-refractivity contribution in [1.82, 2.24) is 5.32 Å². The van der Waals surface area contributed by atoms with Crippen LogP contribution in [0.15, 0.2) is 22.7 Å². The van der Waals surface area contributed by atoms with Gasteiger partial charge in [0, 0.05) is 16.1 Å². The van der Waals surface area contributed by atoms with Crippen LogP contribution >= 0.6 is 15.9 Å². The van der Waals surface area contributed by atoms with E-state index < -0.39 is 12.0 Å². The van der Waals surface area contributed by atoms with Crippen molar-refractivity contribution in [3.05, 3.63) is 34.1 Å². The molecule has 0 aliphatic rings. The molecule has 2 N–H and O–H groups in total. The first kappa shape index (κ1) is 15.1. The summed E-state index contributed by atoms with van der Waals surface area (Å²) in [5.41, 5.74) is 0.463. The lowest BCUT2D eigenvalue weighted by molar-refractivity contribution is -0.140. The van der Waals surface area contributed by atoms with E-state index in [-0.39, 0.29) is 17.8 Å². The molecule has 1 aromatic rings. The number of hydrogen-bond donors (Lipinski definition) is 2. The molecule has 1 aromatic carbocycles. The summed E-state index contributed by atoms with van der Waals surface area (Å²) in [7, 11) is 0. The van der Waals surface area contributed by atoms with Crippen LogP contribution in [0.3, 0.4) is 0 Å². The van der Waals surface area contributed by atoms with Crippen LogP contribution in [0.25, 0.3) is 0 Å². The van der Waals surface area contributed by atoms with E-state index in [1.165, 1.54) is 6.07 Å². The van der Waals surface area contributed by atoms with Gasteiger partial charge in [-0.15, -0.1) is 0 Å². The maximum absolute atomic E-state index is 13.7. The van der Waals surface area contributed by atoms with Gasteiger partial charge in [0.05, 0.1) is 0 Å². The first-order valence-corrected chi connectivity index (χ1v) is 6.56. The lowest BCUT2D eigenvalue weighted by Crippen LogP contribution is -2.42. The van der Waals surface area contributed by atoms with Crippen LogP contribution in [0.5, 0.6) is 0 Å². The van der Waals surface area contributed by atoms with Crippen molar-refractivity contribution in [2.45, 2.75) is 32.9 Å². The van der Waals surface area contributed by atoms with Gasteiger partial charge in [-0.3, -0.25) is 10.1 Å². The Hall–Kier alpha value is -0.940. The quantitative estimate of drug-likeness (QED) is 0.875. The van der Waals surface area contributed by atoms with Crippen LogP contribution in [-0.4, -0.2) is 17.1 Å². The third kappa shape index (κ3) is 3.78. The Morgan fingerprint density at radius 1 is 1.39 bits per heavy atom. The molecule has 2 unspecified atom stereocenters. The molecule has 0 aliphatic heterocycles. The maximum Gasteiger partial charge on any atom is 0.320 e. The molecular formula is C13H17BrFNO2. The summed E-state index contributed by atoms with van der Waals surface area (Å²) in [5.74, 6) is -1.34. The van der Waals surface area contributed by atoms with E-state index >= 15 is 0 Å². The zero-order chi connectivity index (χ0) is 13.9. The predicted molar refractivity (Wildman–Crippen MR) is 71.9 cm³/mol. The summed E-state index contributed by atoms with van der Waals surface area (Å²) >= 11 is 3.19. The highest BCUT2D eigenvalue weighted by atomic mass is 79.9. The highest BCUT2D eigenvalue weighted by Crippen LogP contribution is 2.22. The third-order valence-corrected chi connectivity index (χ3v) is 3.28. The largest absolute Gasteiger partial charge is 0.480 e. The van der Waals surface area contributed by atoms with E-state index in [1.807, 2.05) is 13.8 Å². The van der Waals surface area contributed by atoms with Crippen molar-refractivity contribution >= 4 is 21.9 Å². The number of carbonyl (C=O) groups is 1. The monoisotopic (exact) mass is 317 g/mol. The number of carboxylic acids is 1. The minimum Gasteiger partial charge on any atom is -0.480 e. The standard InChI is InChI=1S/C13H17BrFNO2/c1-7(2)12(13(17)18)16-8(3)10-5-4-9(14)6-11(10)15/h4-8,12,16H,1-3H3,(H,17,18). The van der Waals surface area contributed by atoms with Gasteiger partial charge in [0.25, 0.3) is 0 Å². The average Bonchev–Trinajstić information content (AvgIpc) is 2.24. The molecule has 2 atom stereocenters. The zero-order valence-corrected chi connectivity index (χ0v) is 12.2. The van der Waals surface area contributed by atoms with Crippen LogP contribution in [0, 0.1) is 11.7 Å². The average molecular weight is 318 g/mol. The minimum atomic E-state index is -0.922. The van der Waals surface area contributed by atoms with E-state index in [0.717, 1.165) is 0 Å². The van der Waals surface area contributed by atoms with Gasteiger partial charge < -0.3 is 5.11 Å². The summed E-state index contributed by atoms with van der Waals surface area (Å²) in [6, 6.07) is 3.71. The van der Waals surface area contributed by atoms with Gasteiger partial charge >= 0.3 is 5.97 Å². The molecule has 0 aliphatic carbocycles. The Morgan fingerprint density at radius 3 is 2.44 bits per heavy atom. The van der Waals surface area contributed by atoms with Gasteiger partial charge in [-0.2, -0.15) is 0 Å². The van der Waals surface area contributed by atoms with Crippen LogP contribution < -0.4 is 5.32 Å². The fourth-order valence-corrected chi connectivity index (χ4v) is 2.09. The summed E-state index contributed by atoms with van der Waals surface area (Å²) in [5, 5.41) is 12.0. The second-order valence-corrected chi connectivity index (χ2v) is 5.53. The van der Waals surface area contributed by atoms with E-state index in [4.69, 9.17) is 5.11 Å². The Bertz CT molecular complexity index is 437. The smallest absolute Gasteiger partial charge is 0.320 e. The van der Waals surface area contributed by atoms with Gasteiger partial charge in [0.15, 0.2) is 0 Å². The highest BCUT2D eigenvalue weighted by Gasteiger charge is 2.24. The summed E-state index contributed by atoms with van der Waals surface area (Å²) in [6.45, 7) is 5.39. The number of carboxylic acid groups (broad SMARTS) is 1. The Balaban J connectivity index is 2.87. The predicted octanol–water partition coefficient (Wildman–Crippen LogP) is 3.35. The molecule has 0 saturated carbocycles. The molecule has 0 fully saturated rings. The molecule has 0 bridgehead atoms. The van der Waals surface area contributed by atoms with Gasteiger partial charge in [-0.25, -0.2) is 4.39 Å². The molecule has 100 valence electrons. The molecule has 0 amide bonds. The van der Waals surface area contributed by atoms with Crippen molar-refractivity contribution in [1.29, 1.82) is 0 Å². The van der Waals surface area contributed by atoms with Crippen LogP contribution in [-0.2, 0) is 4.79 Å². The highest BCUT2D eigenvalue weighted by molar-refractivity contribution is 9.10. The van der Waals surface area contributed by atoms with Crippen LogP contribution in [0.1, 0.15) is 32.4 Å². The Kier molecular flexibility index (Phi) is 5.28. The molecule has 0 radical (unpaired) electrons. The van der Waals surface area contributed by atoms with Gasteiger partial charge in [0.2, 0.25) is 0 Å². The zero-order valence-electron chi connectivity index (χ0n) is 10.6. The van der Waals surface area contributed by atoms with Crippen molar-refractivity contribution in [3.63, 3.8) is 0 Å². The van der Waals surface area contributed by atoms with E-state index in [1.54, 1.807) is 19.1 Å². The third-order valence-electron chi connectivity index (χ3n) is 2.79. The molecule has 5 heteroatoms. The molecule has 0 spiro atoms. The van der Waals surface area contributed by atoms with Crippen LogP contribution in [0.2, 0.25) is 0 Å². The number of aliphatic carboxylic acids is 1. The number of nitrogens with one attached hydrogen (secondary N) is 1. The van der Waals surface area contributed by atoms with Crippen molar-refractivity contribution in [2.24, 2.45) is 5.92 Å². The first-order valence-electron chi connectivity index (χ1n) is 5.76. The van der Waals surface area contributed by atoms with Gasteiger partial charge in [-0.1, -0.05) is 35.8 Å². The van der Waals surface area contributed by atoms with E-state index in [9.17, 15) is 9.18 Å². The lowest BCUT2D eigenvalue weighted by atomic mass is 10.0. The number of halogens is 2. The van der Waals surface area contributed by atoms with Crippen molar-refractivity contribution < 1.29 is 14.3 Å². The fraction of sp³-hybridized carbons (Fsp3) is 0.462. The minimum absolute atomic E-state index is 0.0662. The number of rotatable bonds is 5. The SMILES string of the molecule is CC(NC(C(=O)O)C(C)C)c1ccc(Br)cc1F. The molecule has 0 saturated heterocycles. The van der Waals surface area contributed by atoms with Crippen molar-refractivity contribution in [3.8, 4) is 0 Å². The van der Waals surface area contributed by atoms with Gasteiger partial charge in [-0.05, 0) is 25.0 Å². The van der Waals surface area contributed by atoms with E-state index in [2.05, 4.69) is 21.2 Å². The molecule has 3 nitrogen and oxygen atoms in total. The fourth-order valence-electron chi connectivity index (χ4n) is 1.76. The summed E-state index contributed by atoms with van der Waals surface area (Å²) < 4.78 is 14.4. The number of hydrogen-bond acceptors (Lipinski definition) is 2. The molecule has 0 aromatic heterocycles. The lowest BCUT2D eigenvalue weighted by Gasteiger charge is -2.23. The summed E-state index contributed by atoms with van der Waals surface area (Å²) in [6.07, 6.45) is 0. The molecular weight excluding hydrogens is 301 g/mol. The topological polar surface area (TPSA) is 49.3 Å². The Morgan fingerprint density at radius 2 is 2.00 bits per heavy atom. The molecule has 18 heavy (non-hydrogen) atoms. The molecule has 1 rings (SSSR count). The summed E-state index contributed by atoms with van der Waals surface area (Å²) in [4.78, 5) is 11.1. The van der Waals surface area contributed by atoms with Crippen molar-refractivity contribution in [2.75, 3.05) is 0 Å². The van der Waals surface area contributed by atoms with Gasteiger partial charge in [0.1, 0.15) is 11.9 Å². The van der Waals surface area contributed by atoms with Crippen LogP contribution in [0.4, 0.5) is 4.39 Å². The molecule has 0 heterocycles. The maximum atomic E-state index is 13.7.